The van der Waals surface area contributed by atoms with E-state index in [9.17, 15) is 9.59 Å². The molecular weight excluding hydrogens is 679 g/mol. The Bertz CT molecular complexity index is 816. The first-order chi connectivity index (χ1) is 26.4. The molecule has 54 heavy (non-hydrogen) atoms. The van der Waals surface area contributed by atoms with Gasteiger partial charge in [0.1, 0.15) is 6.10 Å². The monoisotopic (exact) mass is 768 g/mol. The first-order valence-corrected chi connectivity index (χ1v) is 23.5. The molecule has 1 saturated heterocycles. The van der Waals surface area contributed by atoms with Crippen LogP contribution in [0.2, 0.25) is 0 Å². The van der Waals surface area contributed by atoms with Gasteiger partial charge in [0.2, 0.25) is 0 Å². The Kier molecular flexibility index (Phi) is 34.9. The summed E-state index contributed by atoms with van der Waals surface area (Å²) in [6.45, 7) is 14.6. The maximum atomic E-state index is 12.7. The molecule has 1 aliphatic rings. The van der Waals surface area contributed by atoms with Crippen molar-refractivity contribution in [2.75, 3.05) is 32.8 Å². The molecule has 3 atom stereocenters. The van der Waals surface area contributed by atoms with Gasteiger partial charge >= 0.3 is 12.1 Å². The Morgan fingerprint density at radius 3 is 1.59 bits per heavy atom. The molecule has 0 aliphatic carbocycles. The zero-order chi connectivity index (χ0) is 39.3. The highest BCUT2D eigenvalue weighted by molar-refractivity contribution is 5.69. The third-order valence-corrected chi connectivity index (χ3v) is 11.1. The van der Waals surface area contributed by atoms with Crippen molar-refractivity contribution in [2.24, 2.45) is 0 Å². The third-order valence-electron chi connectivity index (χ3n) is 11.1. The van der Waals surface area contributed by atoms with Crippen molar-refractivity contribution in [1.29, 1.82) is 0 Å². The van der Waals surface area contributed by atoms with Gasteiger partial charge in [-0.15, -0.1) is 0 Å². The molecule has 1 fully saturated rings. The molecule has 8 nitrogen and oxygen atoms in total. The maximum Gasteiger partial charge on any atom is 0.508 e. The van der Waals surface area contributed by atoms with Gasteiger partial charge in [0, 0.05) is 19.4 Å². The highest BCUT2D eigenvalue weighted by Gasteiger charge is 2.29. The van der Waals surface area contributed by atoms with E-state index in [1.165, 1.54) is 116 Å². The molecule has 0 aromatic heterocycles. The third kappa shape index (κ3) is 29.8. The second-order valence-electron chi connectivity index (χ2n) is 16.0. The van der Waals surface area contributed by atoms with Gasteiger partial charge in [0.25, 0.3) is 0 Å². The summed E-state index contributed by atoms with van der Waals surface area (Å²) in [6.07, 6.45) is 33.1. The fourth-order valence-electron chi connectivity index (χ4n) is 7.56. The van der Waals surface area contributed by atoms with Gasteiger partial charge in [-0.05, 0) is 70.9 Å². The molecule has 0 bridgehead atoms. The summed E-state index contributed by atoms with van der Waals surface area (Å²) in [5.41, 5.74) is 0. The van der Waals surface area contributed by atoms with Crippen LogP contribution >= 0.6 is 0 Å². The first-order valence-electron chi connectivity index (χ1n) is 23.5. The van der Waals surface area contributed by atoms with Gasteiger partial charge in [-0.2, -0.15) is 0 Å². The Morgan fingerprint density at radius 2 is 1.06 bits per heavy atom. The molecular formula is C46H89NO7. The fourth-order valence-corrected chi connectivity index (χ4v) is 7.56. The van der Waals surface area contributed by atoms with E-state index in [1.807, 2.05) is 0 Å². The molecule has 0 N–H and O–H groups in total. The standard InChI is InChI=1S/C46H89NO7/c1-6-11-14-17-18-19-20-21-24-25-31-41(54-46(49)51-38-30-37-47(9-4)10-5)36-39-50-44(48)34-28-29-35-45-52-42(32-26-22-15-12-7-2)40-43(53-45)33-27-23-16-13-8-3/h41-43,45H,6-40H2,1-5H3. The number of rotatable bonds is 38. The zero-order valence-corrected chi connectivity index (χ0v) is 36.4. The van der Waals surface area contributed by atoms with Gasteiger partial charge < -0.3 is 28.6 Å². The van der Waals surface area contributed by atoms with Crippen molar-refractivity contribution < 1.29 is 33.3 Å². The normalized spacial score (nSPS) is 17.9. The lowest BCUT2D eigenvalue weighted by molar-refractivity contribution is -0.247. The number of ether oxygens (including phenoxy) is 5. The van der Waals surface area contributed by atoms with Crippen molar-refractivity contribution in [3.63, 3.8) is 0 Å². The Hall–Kier alpha value is -1.38. The van der Waals surface area contributed by atoms with Crippen LogP contribution in [0.4, 0.5) is 4.79 Å². The van der Waals surface area contributed by atoms with E-state index in [2.05, 4.69) is 39.5 Å². The average molecular weight is 768 g/mol. The lowest BCUT2D eigenvalue weighted by Crippen LogP contribution is -2.38. The van der Waals surface area contributed by atoms with E-state index < -0.39 is 6.16 Å². The minimum Gasteiger partial charge on any atom is -0.466 e. The molecule has 1 aliphatic heterocycles. The molecule has 0 amide bonds. The number of carbonyl (C=O) groups is 2. The summed E-state index contributed by atoms with van der Waals surface area (Å²) >= 11 is 0. The Morgan fingerprint density at radius 1 is 0.556 bits per heavy atom. The molecule has 0 spiro atoms. The summed E-state index contributed by atoms with van der Waals surface area (Å²) in [6, 6.07) is 0. The fraction of sp³-hybridized carbons (Fsp3) is 0.957. The van der Waals surface area contributed by atoms with Gasteiger partial charge in [-0.3, -0.25) is 4.79 Å². The topological polar surface area (TPSA) is 83.5 Å². The van der Waals surface area contributed by atoms with E-state index in [0.717, 1.165) is 83.8 Å². The molecule has 0 radical (unpaired) electrons. The number of carbonyl (C=O) groups excluding carboxylic acids is 2. The maximum absolute atomic E-state index is 12.7. The van der Waals surface area contributed by atoms with Crippen LogP contribution in [0.3, 0.4) is 0 Å². The summed E-state index contributed by atoms with van der Waals surface area (Å²) in [5.74, 6) is -0.188. The summed E-state index contributed by atoms with van der Waals surface area (Å²) in [7, 11) is 0. The van der Waals surface area contributed by atoms with Gasteiger partial charge in [-0.25, -0.2) is 4.79 Å². The largest absolute Gasteiger partial charge is 0.508 e. The number of nitrogens with zero attached hydrogens (tertiary/aromatic N) is 1. The minimum absolute atomic E-state index is 0.170. The van der Waals surface area contributed by atoms with Crippen molar-refractivity contribution in [2.45, 2.75) is 252 Å². The van der Waals surface area contributed by atoms with E-state index >= 15 is 0 Å². The summed E-state index contributed by atoms with van der Waals surface area (Å²) in [4.78, 5) is 27.6. The van der Waals surface area contributed by atoms with Crippen LogP contribution in [-0.4, -0.2) is 74.5 Å². The van der Waals surface area contributed by atoms with Crippen LogP contribution in [0, 0.1) is 0 Å². The summed E-state index contributed by atoms with van der Waals surface area (Å²) in [5, 5.41) is 0. The van der Waals surface area contributed by atoms with E-state index in [0.29, 0.717) is 19.4 Å². The molecule has 320 valence electrons. The lowest BCUT2D eigenvalue weighted by atomic mass is 9.98. The van der Waals surface area contributed by atoms with Crippen molar-refractivity contribution in [1.82, 2.24) is 4.90 Å². The van der Waals surface area contributed by atoms with Crippen LogP contribution in [0.15, 0.2) is 0 Å². The van der Waals surface area contributed by atoms with Gasteiger partial charge in [0.05, 0.1) is 25.4 Å². The molecule has 1 rings (SSSR count). The average Bonchev–Trinajstić information content (AvgIpc) is 3.17. The van der Waals surface area contributed by atoms with Crippen molar-refractivity contribution >= 4 is 12.1 Å². The first kappa shape index (κ1) is 50.6. The van der Waals surface area contributed by atoms with Crippen LogP contribution in [0.1, 0.15) is 227 Å². The smallest absolute Gasteiger partial charge is 0.466 e. The predicted octanol–water partition coefficient (Wildman–Crippen LogP) is 13.3. The number of hydrogen-bond acceptors (Lipinski definition) is 8. The summed E-state index contributed by atoms with van der Waals surface area (Å²) < 4.78 is 29.7. The molecule has 3 unspecified atom stereocenters. The van der Waals surface area contributed by atoms with Crippen LogP contribution in [0.5, 0.6) is 0 Å². The van der Waals surface area contributed by atoms with Crippen LogP contribution < -0.4 is 0 Å². The Balaban J connectivity index is 2.45. The zero-order valence-electron chi connectivity index (χ0n) is 36.4. The molecule has 1 heterocycles. The lowest BCUT2D eigenvalue weighted by Gasteiger charge is -2.36. The Labute approximate surface area is 334 Å². The minimum atomic E-state index is -0.609. The van der Waals surface area contributed by atoms with Crippen molar-refractivity contribution in [3.05, 3.63) is 0 Å². The molecule has 0 aromatic carbocycles. The quantitative estimate of drug-likeness (QED) is 0.0454. The van der Waals surface area contributed by atoms with Crippen LogP contribution in [0.25, 0.3) is 0 Å². The van der Waals surface area contributed by atoms with E-state index in [-0.39, 0.29) is 37.2 Å². The van der Waals surface area contributed by atoms with Gasteiger partial charge in [0.15, 0.2) is 6.29 Å². The highest BCUT2D eigenvalue weighted by Crippen LogP contribution is 2.28. The highest BCUT2D eigenvalue weighted by atomic mass is 16.7. The number of unbranched alkanes of at least 4 members (excludes halogenated alkanes) is 18. The van der Waals surface area contributed by atoms with E-state index in [1.54, 1.807) is 0 Å². The second-order valence-corrected chi connectivity index (χ2v) is 16.0. The molecule has 8 heteroatoms. The molecule has 0 saturated carbocycles. The van der Waals surface area contributed by atoms with Gasteiger partial charge in [-0.1, -0.05) is 157 Å². The predicted molar refractivity (Wildman–Crippen MR) is 224 cm³/mol. The number of hydrogen-bond donors (Lipinski definition) is 0. The SMILES string of the molecule is CCCCCCCCCCCCC(CCOC(=O)CCCCC1OC(CCCCCCC)CC(CCCCCCC)O1)OC(=O)OCCCN(CC)CC. The van der Waals surface area contributed by atoms with E-state index in [4.69, 9.17) is 23.7 Å². The van der Waals surface area contributed by atoms with Crippen molar-refractivity contribution in [3.8, 4) is 0 Å². The van der Waals surface area contributed by atoms with Crippen LogP contribution in [-0.2, 0) is 28.5 Å². The second kappa shape index (κ2) is 37.2. The number of esters is 1. The molecule has 0 aromatic rings.